The average molecular weight is 316 g/mol. The summed E-state index contributed by atoms with van der Waals surface area (Å²) < 4.78 is 15.1. The van der Waals surface area contributed by atoms with E-state index in [9.17, 15) is 14.4 Å². The molecule has 0 spiro atoms. The number of hydrogen-bond acceptors (Lipinski definition) is 6. The van der Waals surface area contributed by atoms with E-state index in [-0.39, 0.29) is 24.0 Å². The number of nitrogens with one attached hydrogen (secondary N) is 2. The second-order valence-corrected chi connectivity index (χ2v) is 4.68. The highest BCUT2D eigenvalue weighted by atomic mass is 16.5. The summed E-state index contributed by atoms with van der Waals surface area (Å²) in [6, 6.07) is 5.80. The minimum Gasteiger partial charge on any atom is -0.490 e. The van der Waals surface area contributed by atoms with Crippen molar-refractivity contribution < 1.29 is 23.5 Å². The summed E-state index contributed by atoms with van der Waals surface area (Å²) in [5, 5.41) is 5.22. The van der Waals surface area contributed by atoms with Crippen LogP contribution in [0.3, 0.4) is 0 Å². The number of methoxy groups -OCH3 is 1. The van der Waals surface area contributed by atoms with Crippen LogP contribution in [0.1, 0.15) is 10.6 Å². The van der Waals surface area contributed by atoms with E-state index in [4.69, 9.17) is 13.9 Å². The van der Waals surface area contributed by atoms with E-state index in [0.717, 1.165) is 12.3 Å². The van der Waals surface area contributed by atoms with Crippen LogP contribution in [0, 0.1) is 0 Å². The molecule has 2 amide bonds. The summed E-state index contributed by atoms with van der Waals surface area (Å²) in [6.07, 6.45) is 1.07. The van der Waals surface area contributed by atoms with Crippen LogP contribution < -0.4 is 25.5 Å². The largest absolute Gasteiger partial charge is 0.490 e. The van der Waals surface area contributed by atoms with Crippen LogP contribution in [-0.2, 0) is 4.79 Å². The zero-order chi connectivity index (χ0) is 16.4. The van der Waals surface area contributed by atoms with Gasteiger partial charge in [0, 0.05) is 17.8 Å². The molecule has 0 unspecified atom stereocenters. The second kappa shape index (κ2) is 5.84. The average Bonchev–Trinajstić information content (AvgIpc) is 2.55. The number of fused-ring (bicyclic) bond motifs is 1. The van der Waals surface area contributed by atoms with Crippen LogP contribution >= 0.6 is 0 Å². The van der Waals surface area contributed by atoms with Crippen molar-refractivity contribution in [3.8, 4) is 11.5 Å². The number of carbonyl (C=O) groups is 2. The lowest BCUT2D eigenvalue weighted by atomic mass is 10.2. The van der Waals surface area contributed by atoms with E-state index in [1.807, 2.05) is 0 Å². The lowest BCUT2D eigenvalue weighted by Gasteiger charge is -2.18. The predicted octanol–water partition coefficient (Wildman–Crippen LogP) is 1.23. The quantitative estimate of drug-likeness (QED) is 0.882. The van der Waals surface area contributed by atoms with Gasteiger partial charge in [-0.05, 0) is 12.1 Å². The number of carbonyl (C=O) groups excluding carboxylic acids is 2. The van der Waals surface area contributed by atoms with Crippen LogP contribution in [0.4, 0.5) is 11.4 Å². The van der Waals surface area contributed by atoms with Gasteiger partial charge in [0.15, 0.2) is 12.4 Å². The summed E-state index contributed by atoms with van der Waals surface area (Å²) in [4.78, 5) is 34.9. The van der Waals surface area contributed by atoms with Gasteiger partial charge in [0.1, 0.15) is 12.0 Å². The molecule has 23 heavy (non-hydrogen) atoms. The summed E-state index contributed by atoms with van der Waals surface area (Å²) in [5.41, 5.74) is 0.499. The van der Waals surface area contributed by atoms with Gasteiger partial charge in [0.2, 0.25) is 11.2 Å². The van der Waals surface area contributed by atoms with Crippen LogP contribution in [0.5, 0.6) is 11.5 Å². The van der Waals surface area contributed by atoms with E-state index in [0.29, 0.717) is 17.1 Å². The van der Waals surface area contributed by atoms with Crippen molar-refractivity contribution in [1.82, 2.24) is 0 Å². The van der Waals surface area contributed by atoms with Crippen LogP contribution in [0.15, 0.2) is 39.7 Å². The Morgan fingerprint density at radius 2 is 2.13 bits per heavy atom. The van der Waals surface area contributed by atoms with Crippen molar-refractivity contribution in [2.24, 2.45) is 0 Å². The van der Waals surface area contributed by atoms with Gasteiger partial charge >= 0.3 is 0 Å². The van der Waals surface area contributed by atoms with Gasteiger partial charge < -0.3 is 24.5 Å². The first-order chi connectivity index (χ1) is 11.1. The van der Waals surface area contributed by atoms with Crippen molar-refractivity contribution in [2.75, 3.05) is 24.4 Å². The molecule has 8 nitrogen and oxygen atoms in total. The van der Waals surface area contributed by atoms with Crippen molar-refractivity contribution in [1.29, 1.82) is 0 Å². The molecule has 3 rings (SSSR count). The lowest BCUT2D eigenvalue weighted by molar-refractivity contribution is -0.118. The van der Waals surface area contributed by atoms with E-state index < -0.39 is 11.3 Å². The minimum atomic E-state index is -0.593. The van der Waals surface area contributed by atoms with Gasteiger partial charge in [-0.2, -0.15) is 0 Å². The predicted molar refractivity (Wildman–Crippen MR) is 80.0 cm³/mol. The summed E-state index contributed by atoms with van der Waals surface area (Å²) in [5.74, 6) is -0.528. The lowest BCUT2D eigenvalue weighted by Crippen LogP contribution is -2.25. The summed E-state index contributed by atoms with van der Waals surface area (Å²) in [6.45, 7) is -0.0856. The van der Waals surface area contributed by atoms with Crippen LogP contribution in [-0.4, -0.2) is 25.5 Å². The maximum atomic E-state index is 12.1. The Labute approximate surface area is 130 Å². The van der Waals surface area contributed by atoms with Crippen molar-refractivity contribution in [2.45, 2.75) is 0 Å². The highest BCUT2D eigenvalue weighted by Crippen LogP contribution is 2.30. The minimum absolute atomic E-state index is 0.0134. The molecule has 0 bridgehead atoms. The highest BCUT2D eigenvalue weighted by Gasteiger charge is 2.17. The standard InChI is InChI=1S/C15H12N2O6/c1-21-13-6-22-12(5-10(13)18)15(20)16-8-2-3-9-11(4-8)23-7-14(19)17-9/h2-6H,7H2,1H3,(H,16,20)(H,17,19). The zero-order valence-corrected chi connectivity index (χ0v) is 12.0. The van der Waals surface area contributed by atoms with Crippen LogP contribution in [0.25, 0.3) is 0 Å². The molecule has 8 heteroatoms. The number of hydrogen-bond donors (Lipinski definition) is 2. The molecule has 0 saturated heterocycles. The van der Waals surface area contributed by atoms with Crippen molar-refractivity contribution in [3.63, 3.8) is 0 Å². The molecule has 1 aromatic heterocycles. The first kappa shape index (κ1) is 14.6. The Bertz CT molecular complexity index is 842. The molecular weight excluding hydrogens is 304 g/mol. The molecule has 1 aliphatic heterocycles. The van der Waals surface area contributed by atoms with Gasteiger partial charge in [-0.3, -0.25) is 14.4 Å². The molecule has 1 aromatic carbocycles. The second-order valence-electron chi connectivity index (χ2n) is 4.68. The molecule has 2 N–H and O–H groups in total. The van der Waals surface area contributed by atoms with E-state index in [2.05, 4.69) is 10.6 Å². The van der Waals surface area contributed by atoms with Crippen molar-refractivity contribution in [3.05, 3.63) is 46.5 Å². The molecule has 1 aliphatic rings. The van der Waals surface area contributed by atoms with Gasteiger partial charge in [-0.15, -0.1) is 0 Å². The normalized spacial score (nSPS) is 12.7. The SMILES string of the molecule is COc1coc(C(=O)Nc2ccc3c(c2)OCC(=O)N3)cc1=O. The first-order valence-electron chi connectivity index (χ1n) is 6.61. The topological polar surface area (TPSA) is 107 Å². The fraction of sp³-hybridized carbons (Fsp3) is 0.133. The van der Waals surface area contributed by atoms with Crippen molar-refractivity contribution >= 4 is 23.2 Å². The maximum absolute atomic E-state index is 12.1. The smallest absolute Gasteiger partial charge is 0.291 e. The molecular formula is C15H12N2O6. The molecule has 2 heterocycles. The molecule has 2 aromatic rings. The van der Waals surface area contributed by atoms with Gasteiger partial charge in [-0.1, -0.05) is 0 Å². The fourth-order valence-corrected chi connectivity index (χ4v) is 2.01. The maximum Gasteiger partial charge on any atom is 0.291 e. The number of anilines is 2. The number of rotatable bonds is 3. The monoisotopic (exact) mass is 316 g/mol. The Hall–Kier alpha value is -3.29. The molecule has 0 radical (unpaired) electrons. The molecule has 0 fully saturated rings. The van der Waals surface area contributed by atoms with Gasteiger partial charge in [0.25, 0.3) is 11.8 Å². The zero-order valence-electron chi connectivity index (χ0n) is 12.0. The number of benzene rings is 1. The highest BCUT2D eigenvalue weighted by molar-refractivity contribution is 6.03. The Balaban J connectivity index is 1.79. The van der Waals surface area contributed by atoms with E-state index in [1.165, 1.54) is 7.11 Å². The first-order valence-corrected chi connectivity index (χ1v) is 6.61. The van der Waals surface area contributed by atoms with Crippen LogP contribution in [0.2, 0.25) is 0 Å². The molecule has 0 saturated carbocycles. The molecule has 0 aliphatic carbocycles. The molecule has 118 valence electrons. The summed E-state index contributed by atoms with van der Waals surface area (Å²) >= 11 is 0. The Morgan fingerprint density at radius 3 is 2.87 bits per heavy atom. The third-order valence-electron chi connectivity index (χ3n) is 3.11. The molecule has 0 atom stereocenters. The third kappa shape index (κ3) is 3.00. The fourth-order valence-electron chi connectivity index (χ4n) is 2.01. The number of amides is 2. The van der Waals surface area contributed by atoms with Gasteiger partial charge in [-0.25, -0.2) is 0 Å². The summed E-state index contributed by atoms with van der Waals surface area (Å²) in [7, 11) is 1.33. The van der Waals surface area contributed by atoms with Gasteiger partial charge in [0.05, 0.1) is 12.8 Å². The Morgan fingerprint density at radius 1 is 1.30 bits per heavy atom. The Kier molecular flexibility index (Phi) is 3.71. The number of ether oxygens (including phenoxy) is 2. The van der Waals surface area contributed by atoms with E-state index in [1.54, 1.807) is 18.2 Å². The third-order valence-corrected chi connectivity index (χ3v) is 3.11. The van der Waals surface area contributed by atoms with E-state index >= 15 is 0 Å².